The Kier molecular flexibility index (Phi) is 3.14. The zero-order chi connectivity index (χ0) is 14.1. The fraction of sp³-hybridized carbons (Fsp3) is 0.188. The Morgan fingerprint density at radius 3 is 2.60 bits per heavy atom. The topological polar surface area (TPSA) is 49.3 Å². The first-order valence-corrected chi connectivity index (χ1v) is 6.49. The van der Waals surface area contributed by atoms with Crippen LogP contribution in [-0.4, -0.2) is 17.1 Å². The molecule has 0 bridgehead atoms. The molecule has 20 heavy (non-hydrogen) atoms. The fourth-order valence-corrected chi connectivity index (χ4v) is 2.42. The van der Waals surface area contributed by atoms with Gasteiger partial charge in [0.05, 0.1) is 5.56 Å². The van der Waals surface area contributed by atoms with Crippen molar-refractivity contribution >= 4 is 11.7 Å². The van der Waals surface area contributed by atoms with Crippen molar-refractivity contribution in [2.75, 3.05) is 5.32 Å². The number of rotatable bonds is 4. The number of anilines is 1. The molecule has 0 aliphatic heterocycles. The molecule has 0 aromatic heterocycles. The van der Waals surface area contributed by atoms with Gasteiger partial charge in [0.1, 0.15) is 5.82 Å². The Bertz CT molecular complexity index is 642. The lowest BCUT2D eigenvalue weighted by atomic mass is 10.1. The number of carboxylic acids is 1. The molecule has 2 aromatic rings. The summed E-state index contributed by atoms with van der Waals surface area (Å²) in [4.78, 5) is 10.7. The van der Waals surface area contributed by atoms with Crippen LogP contribution in [0.2, 0.25) is 0 Å². The Morgan fingerprint density at radius 2 is 1.95 bits per heavy atom. The SMILES string of the molecule is O=C(O)c1ccc(NC2CC2c2ccccc2)cc1F. The predicted octanol–water partition coefficient (Wildman–Crippen LogP) is 3.49. The second-order valence-electron chi connectivity index (χ2n) is 5.00. The molecule has 2 N–H and O–H groups in total. The van der Waals surface area contributed by atoms with Crippen LogP contribution in [0.15, 0.2) is 48.5 Å². The summed E-state index contributed by atoms with van der Waals surface area (Å²) in [6.45, 7) is 0. The second kappa shape index (κ2) is 4.96. The molecule has 3 rings (SSSR count). The van der Waals surface area contributed by atoms with Crippen LogP contribution >= 0.6 is 0 Å². The van der Waals surface area contributed by atoms with Gasteiger partial charge in [-0.05, 0) is 30.2 Å². The molecule has 0 saturated heterocycles. The maximum Gasteiger partial charge on any atom is 0.338 e. The van der Waals surface area contributed by atoms with Crippen LogP contribution in [0.25, 0.3) is 0 Å². The first-order valence-electron chi connectivity index (χ1n) is 6.49. The van der Waals surface area contributed by atoms with Crippen LogP contribution in [0.5, 0.6) is 0 Å². The summed E-state index contributed by atoms with van der Waals surface area (Å²) in [5, 5.41) is 12.0. The largest absolute Gasteiger partial charge is 0.478 e. The summed E-state index contributed by atoms with van der Waals surface area (Å²) in [6.07, 6.45) is 1.01. The second-order valence-corrected chi connectivity index (χ2v) is 5.00. The number of halogens is 1. The predicted molar refractivity (Wildman–Crippen MR) is 74.6 cm³/mol. The molecule has 1 saturated carbocycles. The van der Waals surface area contributed by atoms with E-state index in [9.17, 15) is 9.18 Å². The number of benzene rings is 2. The molecular weight excluding hydrogens is 257 g/mol. The van der Waals surface area contributed by atoms with E-state index < -0.39 is 11.8 Å². The third-order valence-corrected chi connectivity index (χ3v) is 3.57. The van der Waals surface area contributed by atoms with Gasteiger partial charge in [-0.2, -0.15) is 0 Å². The highest BCUT2D eigenvalue weighted by molar-refractivity contribution is 5.88. The van der Waals surface area contributed by atoms with Gasteiger partial charge < -0.3 is 10.4 Å². The number of hydrogen-bond acceptors (Lipinski definition) is 2. The highest BCUT2D eigenvalue weighted by Crippen LogP contribution is 2.42. The van der Waals surface area contributed by atoms with E-state index in [1.807, 2.05) is 18.2 Å². The van der Waals surface area contributed by atoms with Crippen LogP contribution in [-0.2, 0) is 0 Å². The number of aromatic carboxylic acids is 1. The molecule has 102 valence electrons. The third-order valence-electron chi connectivity index (χ3n) is 3.57. The zero-order valence-corrected chi connectivity index (χ0v) is 10.7. The lowest BCUT2D eigenvalue weighted by Crippen LogP contribution is -2.06. The average molecular weight is 271 g/mol. The standard InChI is InChI=1S/C16H14FNO2/c17-14-8-11(6-7-12(14)16(19)20)18-15-9-13(15)10-4-2-1-3-5-10/h1-8,13,15,18H,9H2,(H,19,20). The van der Waals surface area contributed by atoms with E-state index >= 15 is 0 Å². The number of carbonyl (C=O) groups is 1. The van der Waals surface area contributed by atoms with Crippen LogP contribution in [0.1, 0.15) is 28.3 Å². The van der Waals surface area contributed by atoms with Crippen LogP contribution < -0.4 is 5.32 Å². The summed E-state index contributed by atoms with van der Waals surface area (Å²) in [6, 6.07) is 14.6. The van der Waals surface area contributed by atoms with Crippen LogP contribution in [0, 0.1) is 5.82 Å². The minimum Gasteiger partial charge on any atom is -0.478 e. The van der Waals surface area contributed by atoms with Gasteiger partial charge in [0, 0.05) is 17.6 Å². The van der Waals surface area contributed by atoms with E-state index in [0.717, 1.165) is 6.42 Å². The van der Waals surface area contributed by atoms with Crippen molar-refractivity contribution in [2.45, 2.75) is 18.4 Å². The van der Waals surface area contributed by atoms with Crippen molar-refractivity contribution in [3.63, 3.8) is 0 Å². The first kappa shape index (κ1) is 12.7. The molecule has 0 amide bonds. The molecule has 2 aromatic carbocycles. The lowest BCUT2D eigenvalue weighted by molar-refractivity contribution is 0.0692. The van der Waals surface area contributed by atoms with E-state index in [2.05, 4.69) is 17.4 Å². The molecule has 4 heteroatoms. The van der Waals surface area contributed by atoms with E-state index in [1.165, 1.54) is 17.7 Å². The summed E-state index contributed by atoms with van der Waals surface area (Å²) >= 11 is 0. The molecule has 1 fully saturated rings. The quantitative estimate of drug-likeness (QED) is 0.895. The third kappa shape index (κ3) is 2.50. The number of hydrogen-bond donors (Lipinski definition) is 2. The van der Waals surface area contributed by atoms with Crippen molar-refractivity contribution in [2.24, 2.45) is 0 Å². The minimum atomic E-state index is -1.25. The molecule has 1 aliphatic rings. The van der Waals surface area contributed by atoms with E-state index in [-0.39, 0.29) is 11.6 Å². The molecule has 0 heterocycles. The monoisotopic (exact) mass is 271 g/mol. The fourth-order valence-electron chi connectivity index (χ4n) is 2.42. The van der Waals surface area contributed by atoms with Crippen molar-refractivity contribution < 1.29 is 14.3 Å². The van der Waals surface area contributed by atoms with Gasteiger partial charge >= 0.3 is 5.97 Å². The Morgan fingerprint density at radius 1 is 1.20 bits per heavy atom. The van der Waals surface area contributed by atoms with Gasteiger partial charge in [-0.1, -0.05) is 30.3 Å². The van der Waals surface area contributed by atoms with Crippen LogP contribution in [0.4, 0.5) is 10.1 Å². The zero-order valence-electron chi connectivity index (χ0n) is 10.7. The van der Waals surface area contributed by atoms with Gasteiger partial charge in [0.15, 0.2) is 0 Å². The molecule has 1 aliphatic carbocycles. The summed E-state index contributed by atoms with van der Waals surface area (Å²) < 4.78 is 13.6. The molecular formula is C16H14FNO2. The van der Waals surface area contributed by atoms with E-state index in [4.69, 9.17) is 5.11 Å². The van der Waals surface area contributed by atoms with Crippen molar-refractivity contribution in [1.82, 2.24) is 0 Å². The van der Waals surface area contributed by atoms with Gasteiger partial charge in [-0.3, -0.25) is 0 Å². The Balaban J connectivity index is 1.68. The first-order chi connectivity index (χ1) is 9.65. The minimum absolute atomic E-state index is 0.285. The Labute approximate surface area is 116 Å². The maximum absolute atomic E-state index is 13.6. The normalized spacial score (nSPS) is 20.4. The van der Waals surface area contributed by atoms with Crippen molar-refractivity contribution in [3.05, 3.63) is 65.5 Å². The van der Waals surface area contributed by atoms with Gasteiger partial charge in [-0.15, -0.1) is 0 Å². The smallest absolute Gasteiger partial charge is 0.338 e. The van der Waals surface area contributed by atoms with Crippen molar-refractivity contribution in [1.29, 1.82) is 0 Å². The highest BCUT2D eigenvalue weighted by Gasteiger charge is 2.38. The van der Waals surface area contributed by atoms with E-state index in [0.29, 0.717) is 11.6 Å². The summed E-state index contributed by atoms with van der Waals surface area (Å²) in [5.41, 5.74) is 1.59. The van der Waals surface area contributed by atoms with Gasteiger partial charge in [0.25, 0.3) is 0 Å². The summed E-state index contributed by atoms with van der Waals surface area (Å²) in [5.74, 6) is -1.51. The van der Waals surface area contributed by atoms with Gasteiger partial charge in [-0.25, -0.2) is 9.18 Å². The average Bonchev–Trinajstić information content (AvgIpc) is 3.18. The molecule has 0 radical (unpaired) electrons. The number of carboxylic acid groups (broad SMARTS) is 1. The highest BCUT2D eigenvalue weighted by atomic mass is 19.1. The van der Waals surface area contributed by atoms with Crippen LogP contribution in [0.3, 0.4) is 0 Å². The number of nitrogens with one attached hydrogen (secondary N) is 1. The maximum atomic E-state index is 13.6. The lowest BCUT2D eigenvalue weighted by Gasteiger charge is -2.07. The Hall–Kier alpha value is -2.36. The molecule has 2 unspecified atom stereocenters. The molecule has 3 nitrogen and oxygen atoms in total. The van der Waals surface area contributed by atoms with Gasteiger partial charge in [0.2, 0.25) is 0 Å². The van der Waals surface area contributed by atoms with Crippen molar-refractivity contribution in [3.8, 4) is 0 Å². The molecule has 0 spiro atoms. The molecule has 2 atom stereocenters. The summed E-state index contributed by atoms with van der Waals surface area (Å²) in [7, 11) is 0. The van der Waals surface area contributed by atoms with E-state index in [1.54, 1.807) is 6.07 Å².